The number of para-hydroxylation sites is 2. The molecule has 0 unspecified atom stereocenters. The molecule has 1 amide bonds. The van der Waals surface area contributed by atoms with E-state index in [2.05, 4.69) is 43.0 Å². The highest BCUT2D eigenvalue weighted by Gasteiger charge is 2.29. The molecule has 5 heteroatoms. The van der Waals surface area contributed by atoms with Gasteiger partial charge in [-0.3, -0.25) is 4.79 Å². The number of nitrogens with zero attached hydrogens (tertiary/aromatic N) is 3. The molecule has 174 valence electrons. The standard InChI is InChI=1S/C29H31N3O2/c1-3-23(22-10-5-4-6-11-22)29(33)32-17-9-16-31(18-19-32)28-24-20-21(2)14-15-26(24)34-27-13-8-7-12-25(27)30-28/h4-8,10-15,20,23H,3,9,16-19H2,1-2H3/t23-/m1/s1. The molecule has 3 aromatic rings. The highest BCUT2D eigenvalue weighted by Crippen LogP contribution is 2.38. The smallest absolute Gasteiger partial charge is 0.230 e. The molecule has 0 saturated carbocycles. The maximum Gasteiger partial charge on any atom is 0.230 e. The summed E-state index contributed by atoms with van der Waals surface area (Å²) in [6, 6.07) is 24.3. The summed E-state index contributed by atoms with van der Waals surface area (Å²) in [6.45, 7) is 7.22. The van der Waals surface area contributed by atoms with Crippen LogP contribution in [0.15, 0.2) is 77.8 Å². The maximum absolute atomic E-state index is 13.5. The van der Waals surface area contributed by atoms with E-state index in [4.69, 9.17) is 9.73 Å². The number of ether oxygens (including phenoxy) is 1. The van der Waals surface area contributed by atoms with Crippen LogP contribution in [0.4, 0.5) is 5.69 Å². The zero-order valence-electron chi connectivity index (χ0n) is 19.9. The minimum Gasteiger partial charge on any atom is -0.454 e. The molecule has 5 nitrogen and oxygen atoms in total. The Labute approximate surface area is 201 Å². The summed E-state index contributed by atoms with van der Waals surface area (Å²) in [7, 11) is 0. The van der Waals surface area contributed by atoms with E-state index in [1.54, 1.807) is 0 Å². The number of rotatable bonds is 3. The number of benzene rings is 3. The Hall–Kier alpha value is -3.60. The minimum atomic E-state index is -0.0911. The fourth-order valence-corrected chi connectivity index (χ4v) is 4.89. The van der Waals surface area contributed by atoms with E-state index in [0.717, 1.165) is 66.6 Å². The normalized spacial score (nSPS) is 16.4. The largest absolute Gasteiger partial charge is 0.454 e. The van der Waals surface area contributed by atoms with Crippen molar-refractivity contribution >= 4 is 17.4 Å². The van der Waals surface area contributed by atoms with Crippen molar-refractivity contribution in [2.45, 2.75) is 32.6 Å². The van der Waals surface area contributed by atoms with Crippen LogP contribution in [0.3, 0.4) is 0 Å². The number of amidine groups is 1. The second-order valence-electron chi connectivity index (χ2n) is 9.04. The lowest BCUT2D eigenvalue weighted by Crippen LogP contribution is -2.39. The SMILES string of the molecule is CC[C@@H](C(=O)N1CCCN(C2=Nc3ccccc3Oc3ccc(C)cc32)CC1)c1ccccc1. The second kappa shape index (κ2) is 9.72. The zero-order chi connectivity index (χ0) is 23.5. The average molecular weight is 454 g/mol. The van der Waals surface area contributed by atoms with Crippen LogP contribution in [0.1, 0.15) is 42.4 Å². The van der Waals surface area contributed by atoms with Crippen LogP contribution in [0.2, 0.25) is 0 Å². The number of hydrogen-bond donors (Lipinski definition) is 0. The third-order valence-electron chi connectivity index (χ3n) is 6.70. The monoisotopic (exact) mass is 453 g/mol. The molecule has 0 aliphatic carbocycles. The summed E-state index contributed by atoms with van der Waals surface area (Å²) < 4.78 is 6.26. The van der Waals surface area contributed by atoms with Crippen LogP contribution in [-0.2, 0) is 4.79 Å². The van der Waals surface area contributed by atoms with E-state index < -0.39 is 0 Å². The molecule has 3 aromatic carbocycles. The van der Waals surface area contributed by atoms with Crippen molar-refractivity contribution in [3.05, 3.63) is 89.5 Å². The highest BCUT2D eigenvalue weighted by molar-refractivity contribution is 6.04. The first-order chi connectivity index (χ1) is 16.6. The van der Waals surface area contributed by atoms with Gasteiger partial charge in [0.05, 0.1) is 11.5 Å². The van der Waals surface area contributed by atoms with Gasteiger partial charge < -0.3 is 14.5 Å². The van der Waals surface area contributed by atoms with Crippen LogP contribution in [0.5, 0.6) is 11.5 Å². The maximum atomic E-state index is 13.5. The molecule has 0 spiro atoms. The summed E-state index contributed by atoms with van der Waals surface area (Å²) >= 11 is 0. The number of fused-ring (bicyclic) bond motifs is 2. The summed E-state index contributed by atoms with van der Waals surface area (Å²) in [5, 5.41) is 0. The fourth-order valence-electron chi connectivity index (χ4n) is 4.89. The Balaban J connectivity index is 1.42. The fraction of sp³-hybridized carbons (Fsp3) is 0.310. The van der Waals surface area contributed by atoms with Gasteiger partial charge in [-0.05, 0) is 49.6 Å². The van der Waals surface area contributed by atoms with Crippen molar-refractivity contribution in [2.24, 2.45) is 4.99 Å². The second-order valence-corrected chi connectivity index (χ2v) is 9.04. The van der Waals surface area contributed by atoms with Gasteiger partial charge in [0.15, 0.2) is 5.75 Å². The molecule has 2 heterocycles. The first-order valence-corrected chi connectivity index (χ1v) is 12.2. The Bertz CT molecular complexity index is 1210. The average Bonchev–Trinajstić information content (AvgIpc) is 3.20. The van der Waals surface area contributed by atoms with Crippen LogP contribution < -0.4 is 4.74 Å². The van der Waals surface area contributed by atoms with Crippen LogP contribution in [0.25, 0.3) is 0 Å². The minimum absolute atomic E-state index is 0.0911. The Kier molecular flexibility index (Phi) is 6.35. The van der Waals surface area contributed by atoms with Crippen molar-refractivity contribution in [3.63, 3.8) is 0 Å². The number of amides is 1. The third kappa shape index (κ3) is 4.43. The molecule has 1 saturated heterocycles. The zero-order valence-corrected chi connectivity index (χ0v) is 19.9. The Morgan fingerprint density at radius 1 is 0.941 bits per heavy atom. The molecule has 1 atom stereocenters. The van der Waals surface area contributed by atoms with Crippen LogP contribution >= 0.6 is 0 Å². The summed E-state index contributed by atoms with van der Waals surface area (Å²) in [5.74, 6) is 2.65. The van der Waals surface area contributed by atoms with E-state index in [0.29, 0.717) is 6.54 Å². The lowest BCUT2D eigenvalue weighted by molar-refractivity contribution is -0.132. The number of carbonyl (C=O) groups excluding carboxylic acids is 1. The van der Waals surface area contributed by atoms with Crippen molar-refractivity contribution in [1.29, 1.82) is 0 Å². The molecular formula is C29H31N3O2. The quantitative estimate of drug-likeness (QED) is 0.495. The molecule has 0 aromatic heterocycles. The summed E-state index contributed by atoms with van der Waals surface area (Å²) in [5.41, 5.74) is 4.11. The number of carbonyl (C=O) groups is 1. The molecule has 34 heavy (non-hydrogen) atoms. The van der Waals surface area contributed by atoms with Gasteiger partial charge in [-0.25, -0.2) is 4.99 Å². The van der Waals surface area contributed by atoms with Gasteiger partial charge in [0.25, 0.3) is 0 Å². The first-order valence-electron chi connectivity index (χ1n) is 12.2. The highest BCUT2D eigenvalue weighted by atomic mass is 16.5. The topological polar surface area (TPSA) is 45.1 Å². The molecule has 0 radical (unpaired) electrons. The molecule has 0 N–H and O–H groups in total. The molecule has 0 bridgehead atoms. The predicted molar refractivity (Wildman–Crippen MR) is 136 cm³/mol. The van der Waals surface area contributed by atoms with E-state index in [-0.39, 0.29) is 11.8 Å². The van der Waals surface area contributed by atoms with E-state index >= 15 is 0 Å². The van der Waals surface area contributed by atoms with Crippen molar-refractivity contribution in [3.8, 4) is 11.5 Å². The molecular weight excluding hydrogens is 422 g/mol. The van der Waals surface area contributed by atoms with Gasteiger partial charge in [-0.2, -0.15) is 0 Å². The number of aliphatic imine (C=N–C) groups is 1. The number of hydrogen-bond acceptors (Lipinski definition) is 4. The van der Waals surface area contributed by atoms with Gasteiger partial charge in [-0.1, -0.05) is 61.0 Å². The lowest BCUT2D eigenvalue weighted by Gasteiger charge is -2.27. The van der Waals surface area contributed by atoms with Gasteiger partial charge in [0, 0.05) is 26.2 Å². The molecule has 1 fully saturated rings. The van der Waals surface area contributed by atoms with E-state index in [9.17, 15) is 4.79 Å². The van der Waals surface area contributed by atoms with Crippen molar-refractivity contribution in [2.75, 3.05) is 26.2 Å². The van der Waals surface area contributed by atoms with E-state index in [1.165, 1.54) is 5.56 Å². The summed E-state index contributed by atoms with van der Waals surface area (Å²) in [6.07, 6.45) is 1.70. The van der Waals surface area contributed by atoms with Crippen LogP contribution in [0, 0.1) is 6.92 Å². The Morgan fingerprint density at radius 2 is 1.74 bits per heavy atom. The van der Waals surface area contributed by atoms with Crippen LogP contribution in [-0.4, -0.2) is 47.7 Å². The van der Waals surface area contributed by atoms with Gasteiger partial charge >= 0.3 is 0 Å². The van der Waals surface area contributed by atoms with Crippen molar-refractivity contribution in [1.82, 2.24) is 9.80 Å². The third-order valence-corrected chi connectivity index (χ3v) is 6.70. The number of aryl methyl sites for hydroxylation is 1. The predicted octanol–water partition coefficient (Wildman–Crippen LogP) is 5.91. The van der Waals surface area contributed by atoms with Gasteiger partial charge in [0.2, 0.25) is 5.91 Å². The van der Waals surface area contributed by atoms with Crippen molar-refractivity contribution < 1.29 is 9.53 Å². The van der Waals surface area contributed by atoms with Gasteiger partial charge in [0.1, 0.15) is 17.3 Å². The molecule has 2 aliphatic heterocycles. The first kappa shape index (κ1) is 22.2. The Morgan fingerprint density at radius 3 is 2.56 bits per heavy atom. The molecule has 2 aliphatic rings. The summed E-state index contributed by atoms with van der Waals surface area (Å²) in [4.78, 5) is 22.9. The lowest BCUT2D eigenvalue weighted by atomic mass is 9.95. The van der Waals surface area contributed by atoms with E-state index in [1.807, 2.05) is 53.4 Å². The molecule has 5 rings (SSSR count). The van der Waals surface area contributed by atoms with Gasteiger partial charge in [-0.15, -0.1) is 0 Å².